The Kier molecular flexibility index (Phi) is 4.65. The normalized spacial score (nSPS) is 10.8. The monoisotopic (exact) mass is 335 g/mol. The van der Waals surface area contributed by atoms with Crippen LogP contribution in [0.2, 0.25) is 0 Å². The van der Waals surface area contributed by atoms with Gasteiger partial charge in [-0.1, -0.05) is 31.2 Å². The Hall–Kier alpha value is -2.95. The van der Waals surface area contributed by atoms with Gasteiger partial charge in [-0.05, 0) is 49.6 Å². The van der Waals surface area contributed by atoms with Crippen molar-refractivity contribution in [1.82, 2.24) is 9.78 Å². The zero-order chi connectivity index (χ0) is 18.0. The fraction of sp³-hybridized carbons (Fsp3) is 0.250. The smallest absolute Gasteiger partial charge is 0.276 e. The molecule has 0 spiro atoms. The molecule has 0 saturated heterocycles. The molecule has 5 heteroatoms. The number of aromatic nitrogens is 2. The molecular formula is C20H21N3O2. The molecule has 0 atom stereocenters. The molecule has 0 aliphatic heterocycles. The second kappa shape index (κ2) is 6.89. The number of carbonyl (C=O) groups excluding carboxylic acids is 1. The fourth-order valence-electron chi connectivity index (χ4n) is 3.00. The number of hydrogen-bond donors (Lipinski definition) is 1. The van der Waals surface area contributed by atoms with Gasteiger partial charge in [-0.2, -0.15) is 5.10 Å². The lowest BCUT2D eigenvalue weighted by Crippen LogP contribution is -2.27. The van der Waals surface area contributed by atoms with Crippen LogP contribution in [0.25, 0.3) is 10.8 Å². The molecule has 0 fully saturated rings. The summed E-state index contributed by atoms with van der Waals surface area (Å²) in [6.45, 7) is 6.42. The lowest BCUT2D eigenvalue weighted by molar-refractivity contribution is 0.102. The molecule has 0 aliphatic carbocycles. The third-order valence-electron chi connectivity index (χ3n) is 4.00. The molecule has 0 saturated carbocycles. The molecule has 25 heavy (non-hydrogen) atoms. The third kappa shape index (κ3) is 3.45. The fourth-order valence-corrected chi connectivity index (χ4v) is 3.00. The Bertz CT molecular complexity index is 985. The van der Waals surface area contributed by atoms with E-state index < -0.39 is 0 Å². The molecule has 128 valence electrons. The number of fused-ring (bicyclic) bond motifs is 1. The number of hydrogen-bond acceptors (Lipinski definition) is 3. The van der Waals surface area contributed by atoms with Crippen molar-refractivity contribution in [1.29, 1.82) is 0 Å². The molecule has 1 aromatic heterocycles. The van der Waals surface area contributed by atoms with Crippen molar-refractivity contribution in [2.45, 2.75) is 33.7 Å². The standard InChI is InChI=1S/C20H21N3O2/c1-4-9-23-20(25)17-8-6-5-7-16(17)18(22-23)19(24)21-15-11-13(2)10-14(3)12-15/h5-8,10-12H,4,9H2,1-3H3,(H,21,24). The summed E-state index contributed by atoms with van der Waals surface area (Å²) in [5.74, 6) is -0.314. The molecule has 2 aromatic carbocycles. The second-order valence-electron chi connectivity index (χ2n) is 6.25. The Balaban J connectivity index is 2.09. The topological polar surface area (TPSA) is 64.0 Å². The minimum absolute atomic E-state index is 0.166. The van der Waals surface area contributed by atoms with Gasteiger partial charge in [0.05, 0.1) is 5.39 Å². The molecule has 1 heterocycles. The molecule has 0 radical (unpaired) electrons. The SMILES string of the molecule is CCCn1nc(C(=O)Nc2cc(C)cc(C)c2)c2ccccc2c1=O. The van der Waals surface area contributed by atoms with Crippen LogP contribution in [0.4, 0.5) is 5.69 Å². The van der Waals surface area contributed by atoms with Crippen molar-refractivity contribution < 1.29 is 4.79 Å². The van der Waals surface area contributed by atoms with Gasteiger partial charge in [0.2, 0.25) is 0 Å². The van der Waals surface area contributed by atoms with Crippen LogP contribution in [0, 0.1) is 13.8 Å². The summed E-state index contributed by atoms with van der Waals surface area (Å²) < 4.78 is 1.37. The van der Waals surface area contributed by atoms with Gasteiger partial charge in [0.25, 0.3) is 11.5 Å². The highest BCUT2D eigenvalue weighted by Gasteiger charge is 2.16. The van der Waals surface area contributed by atoms with Gasteiger partial charge in [-0.15, -0.1) is 0 Å². The van der Waals surface area contributed by atoms with Crippen molar-refractivity contribution in [3.8, 4) is 0 Å². The van der Waals surface area contributed by atoms with Gasteiger partial charge < -0.3 is 5.32 Å². The first kappa shape index (κ1) is 16.9. The van der Waals surface area contributed by atoms with E-state index in [0.29, 0.717) is 17.3 Å². The van der Waals surface area contributed by atoms with Crippen molar-refractivity contribution in [2.75, 3.05) is 5.32 Å². The molecule has 1 N–H and O–H groups in total. The first-order valence-electron chi connectivity index (χ1n) is 8.39. The van der Waals surface area contributed by atoms with Gasteiger partial charge in [0.15, 0.2) is 5.69 Å². The van der Waals surface area contributed by atoms with Crippen molar-refractivity contribution in [2.24, 2.45) is 0 Å². The molecule has 0 bridgehead atoms. The van der Waals surface area contributed by atoms with E-state index in [4.69, 9.17) is 0 Å². The number of benzene rings is 2. The summed E-state index contributed by atoms with van der Waals surface area (Å²) in [4.78, 5) is 25.3. The maximum Gasteiger partial charge on any atom is 0.276 e. The van der Waals surface area contributed by atoms with Crippen molar-refractivity contribution >= 4 is 22.4 Å². The Labute approximate surface area is 146 Å². The average molecular weight is 335 g/mol. The van der Waals surface area contributed by atoms with Crippen molar-refractivity contribution in [3.63, 3.8) is 0 Å². The van der Waals surface area contributed by atoms with Crippen LogP contribution in [0.5, 0.6) is 0 Å². The zero-order valence-electron chi connectivity index (χ0n) is 14.7. The average Bonchev–Trinajstić information content (AvgIpc) is 2.56. The lowest BCUT2D eigenvalue weighted by atomic mass is 10.1. The molecule has 1 amide bonds. The highest BCUT2D eigenvalue weighted by molar-refractivity contribution is 6.11. The summed E-state index contributed by atoms with van der Waals surface area (Å²) in [7, 11) is 0. The molecule has 3 aromatic rings. The first-order valence-corrected chi connectivity index (χ1v) is 8.39. The van der Waals surface area contributed by atoms with E-state index in [2.05, 4.69) is 10.4 Å². The van der Waals surface area contributed by atoms with E-state index >= 15 is 0 Å². The zero-order valence-corrected chi connectivity index (χ0v) is 14.7. The molecule has 3 rings (SSSR count). The van der Waals surface area contributed by atoms with Crippen LogP contribution in [0.3, 0.4) is 0 Å². The maximum absolute atomic E-state index is 12.8. The van der Waals surface area contributed by atoms with E-state index in [1.165, 1.54) is 4.68 Å². The lowest BCUT2D eigenvalue weighted by Gasteiger charge is -2.11. The van der Waals surface area contributed by atoms with Gasteiger partial charge in [0.1, 0.15) is 0 Å². The summed E-state index contributed by atoms with van der Waals surface area (Å²) in [5, 5.41) is 8.31. The molecule has 0 unspecified atom stereocenters. The van der Waals surface area contributed by atoms with E-state index in [0.717, 1.165) is 23.2 Å². The predicted molar refractivity (Wildman–Crippen MR) is 100 cm³/mol. The summed E-state index contributed by atoms with van der Waals surface area (Å²) in [6.07, 6.45) is 0.767. The van der Waals surface area contributed by atoms with Crippen LogP contribution < -0.4 is 10.9 Å². The predicted octanol–water partition coefficient (Wildman–Crippen LogP) is 3.68. The van der Waals surface area contributed by atoms with Gasteiger partial charge >= 0.3 is 0 Å². The molecule has 5 nitrogen and oxygen atoms in total. The van der Waals surface area contributed by atoms with Gasteiger partial charge in [-0.3, -0.25) is 9.59 Å². The number of carbonyl (C=O) groups is 1. The van der Waals surface area contributed by atoms with E-state index in [1.54, 1.807) is 24.3 Å². The number of anilines is 1. The number of nitrogens with one attached hydrogen (secondary N) is 1. The summed E-state index contributed by atoms with van der Waals surface area (Å²) >= 11 is 0. The number of amides is 1. The van der Waals surface area contributed by atoms with Crippen LogP contribution in [-0.4, -0.2) is 15.7 Å². The van der Waals surface area contributed by atoms with Crippen molar-refractivity contribution in [3.05, 3.63) is 69.6 Å². The first-order chi connectivity index (χ1) is 12.0. The highest BCUT2D eigenvalue weighted by Crippen LogP contribution is 2.18. The van der Waals surface area contributed by atoms with Crippen LogP contribution >= 0.6 is 0 Å². The summed E-state index contributed by atoms with van der Waals surface area (Å²) in [5.41, 5.74) is 2.97. The number of rotatable bonds is 4. The molecule has 0 aliphatic rings. The quantitative estimate of drug-likeness (QED) is 0.791. The minimum Gasteiger partial charge on any atom is -0.321 e. The highest BCUT2D eigenvalue weighted by atomic mass is 16.2. The largest absolute Gasteiger partial charge is 0.321 e. The Morgan fingerprint density at radius 3 is 2.36 bits per heavy atom. The summed E-state index contributed by atoms with van der Waals surface area (Å²) in [6, 6.07) is 13.0. The second-order valence-corrected chi connectivity index (χ2v) is 6.25. The third-order valence-corrected chi connectivity index (χ3v) is 4.00. The van der Waals surface area contributed by atoms with Gasteiger partial charge in [0, 0.05) is 17.6 Å². The van der Waals surface area contributed by atoms with E-state index in [1.807, 2.05) is 39.0 Å². The maximum atomic E-state index is 12.8. The van der Waals surface area contributed by atoms with Crippen LogP contribution in [-0.2, 0) is 6.54 Å². The molecular weight excluding hydrogens is 314 g/mol. The number of aryl methyl sites for hydroxylation is 3. The number of nitrogens with zero attached hydrogens (tertiary/aromatic N) is 2. The Morgan fingerprint density at radius 2 is 1.72 bits per heavy atom. The van der Waals surface area contributed by atoms with Crippen LogP contribution in [0.1, 0.15) is 35.0 Å². The minimum atomic E-state index is -0.314. The van der Waals surface area contributed by atoms with Gasteiger partial charge in [-0.25, -0.2) is 4.68 Å². The van der Waals surface area contributed by atoms with E-state index in [9.17, 15) is 9.59 Å². The van der Waals surface area contributed by atoms with E-state index in [-0.39, 0.29) is 17.2 Å². The Morgan fingerprint density at radius 1 is 1.08 bits per heavy atom. The van der Waals surface area contributed by atoms with Crippen LogP contribution in [0.15, 0.2) is 47.3 Å².